The number of thioether (sulfide) groups is 1. The van der Waals surface area contributed by atoms with Crippen LogP contribution in [0.15, 0.2) is 40.3 Å². The van der Waals surface area contributed by atoms with Crippen molar-refractivity contribution in [3.05, 3.63) is 46.2 Å². The highest BCUT2D eigenvalue weighted by atomic mass is 32.2. The predicted molar refractivity (Wildman–Crippen MR) is 109 cm³/mol. The normalized spacial score (nSPS) is 17.2. The molecule has 1 aliphatic rings. The standard InChI is InChI=1S/C20H22N2O2S2/c1-3-22-19(23)16-13(2)17(14-8-5-4-6-9-14)26-18(16)21-20(22)25-12-15-10-7-11-24-15/h4-6,8-9,15H,3,7,10-12H2,1-2H3/t15-/m1/s1. The fraction of sp³-hybridized carbons (Fsp3) is 0.400. The summed E-state index contributed by atoms with van der Waals surface area (Å²) in [7, 11) is 0. The molecule has 3 heterocycles. The van der Waals surface area contributed by atoms with Crippen molar-refractivity contribution in [1.29, 1.82) is 0 Å². The zero-order chi connectivity index (χ0) is 18.1. The molecule has 1 aromatic carbocycles. The van der Waals surface area contributed by atoms with Crippen molar-refractivity contribution in [2.45, 2.75) is 44.5 Å². The van der Waals surface area contributed by atoms with E-state index in [1.165, 1.54) is 0 Å². The molecule has 1 fully saturated rings. The Hall–Kier alpha value is -1.63. The fourth-order valence-electron chi connectivity index (χ4n) is 3.40. The van der Waals surface area contributed by atoms with Crippen molar-refractivity contribution < 1.29 is 4.74 Å². The Labute approximate surface area is 161 Å². The Bertz CT molecular complexity index is 973. The van der Waals surface area contributed by atoms with Gasteiger partial charge in [-0.25, -0.2) is 4.98 Å². The quantitative estimate of drug-likeness (QED) is 0.470. The zero-order valence-corrected chi connectivity index (χ0v) is 16.7. The van der Waals surface area contributed by atoms with Gasteiger partial charge in [-0.2, -0.15) is 0 Å². The average Bonchev–Trinajstić information content (AvgIpc) is 3.29. The third-order valence-corrected chi connectivity index (χ3v) is 7.13. The molecular weight excluding hydrogens is 364 g/mol. The molecule has 4 rings (SSSR count). The Morgan fingerprint density at radius 3 is 2.85 bits per heavy atom. The third-order valence-electron chi connectivity index (χ3n) is 4.79. The van der Waals surface area contributed by atoms with Gasteiger partial charge in [-0.15, -0.1) is 11.3 Å². The molecule has 4 nitrogen and oxygen atoms in total. The maximum Gasteiger partial charge on any atom is 0.263 e. The van der Waals surface area contributed by atoms with Gasteiger partial charge in [0.15, 0.2) is 5.16 Å². The molecule has 0 N–H and O–H groups in total. The topological polar surface area (TPSA) is 44.1 Å². The van der Waals surface area contributed by atoms with Crippen LogP contribution in [0.25, 0.3) is 20.7 Å². The molecule has 1 aliphatic heterocycles. The van der Waals surface area contributed by atoms with Gasteiger partial charge in [-0.1, -0.05) is 42.1 Å². The minimum Gasteiger partial charge on any atom is -0.377 e. The summed E-state index contributed by atoms with van der Waals surface area (Å²) in [4.78, 5) is 20.0. The number of hydrogen-bond donors (Lipinski definition) is 0. The first-order valence-electron chi connectivity index (χ1n) is 9.02. The van der Waals surface area contributed by atoms with Crippen LogP contribution in [-0.4, -0.2) is 28.0 Å². The van der Waals surface area contributed by atoms with E-state index in [4.69, 9.17) is 9.72 Å². The molecule has 0 amide bonds. The number of nitrogens with zero attached hydrogens (tertiary/aromatic N) is 2. The third kappa shape index (κ3) is 3.21. The number of aromatic nitrogens is 2. The molecule has 0 aliphatic carbocycles. The highest BCUT2D eigenvalue weighted by Crippen LogP contribution is 2.36. The van der Waals surface area contributed by atoms with Crippen LogP contribution in [0.1, 0.15) is 25.3 Å². The lowest BCUT2D eigenvalue weighted by molar-refractivity contribution is 0.129. The maximum absolute atomic E-state index is 13.1. The Morgan fingerprint density at radius 2 is 2.15 bits per heavy atom. The zero-order valence-electron chi connectivity index (χ0n) is 15.0. The second-order valence-corrected chi connectivity index (χ2v) is 8.48. The van der Waals surface area contributed by atoms with E-state index >= 15 is 0 Å². The lowest BCUT2D eigenvalue weighted by Gasteiger charge is -2.12. The maximum atomic E-state index is 13.1. The van der Waals surface area contributed by atoms with Crippen LogP contribution >= 0.6 is 23.1 Å². The summed E-state index contributed by atoms with van der Waals surface area (Å²) in [5.74, 6) is 0.855. The van der Waals surface area contributed by atoms with E-state index in [0.717, 1.165) is 56.6 Å². The summed E-state index contributed by atoms with van der Waals surface area (Å²) in [6.07, 6.45) is 2.51. The Morgan fingerprint density at radius 1 is 1.35 bits per heavy atom. The van der Waals surface area contributed by atoms with Crippen LogP contribution < -0.4 is 5.56 Å². The van der Waals surface area contributed by atoms with E-state index in [0.29, 0.717) is 6.54 Å². The van der Waals surface area contributed by atoms with E-state index in [2.05, 4.69) is 12.1 Å². The van der Waals surface area contributed by atoms with Crippen LogP contribution in [0.4, 0.5) is 0 Å². The molecule has 1 saturated heterocycles. The first-order valence-corrected chi connectivity index (χ1v) is 10.8. The highest BCUT2D eigenvalue weighted by molar-refractivity contribution is 7.99. The van der Waals surface area contributed by atoms with E-state index in [-0.39, 0.29) is 11.7 Å². The number of aryl methyl sites for hydroxylation is 1. The molecule has 0 radical (unpaired) electrons. The van der Waals surface area contributed by atoms with E-state index < -0.39 is 0 Å². The highest BCUT2D eigenvalue weighted by Gasteiger charge is 2.21. The van der Waals surface area contributed by atoms with Crippen LogP contribution in [0.3, 0.4) is 0 Å². The molecule has 2 aromatic heterocycles. The van der Waals surface area contributed by atoms with E-state index in [1.54, 1.807) is 27.7 Å². The summed E-state index contributed by atoms with van der Waals surface area (Å²) in [6, 6.07) is 10.2. The molecule has 0 unspecified atom stereocenters. The first kappa shape index (κ1) is 17.8. The number of rotatable bonds is 5. The number of ether oxygens (including phenoxy) is 1. The summed E-state index contributed by atoms with van der Waals surface area (Å²) in [5.41, 5.74) is 2.25. The smallest absolute Gasteiger partial charge is 0.263 e. The van der Waals surface area contributed by atoms with Gasteiger partial charge >= 0.3 is 0 Å². The molecule has 0 spiro atoms. The molecule has 0 saturated carbocycles. The van der Waals surface area contributed by atoms with Gasteiger partial charge in [0.05, 0.1) is 11.5 Å². The lowest BCUT2D eigenvalue weighted by Crippen LogP contribution is -2.23. The van der Waals surface area contributed by atoms with Crippen LogP contribution in [-0.2, 0) is 11.3 Å². The summed E-state index contributed by atoms with van der Waals surface area (Å²) < 4.78 is 7.52. The van der Waals surface area contributed by atoms with Gasteiger partial charge in [0.25, 0.3) is 5.56 Å². The van der Waals surface area contributed by atoms with Crippen molar-refractivity contribution in [2.24, 2.45) is 0 Å². The number of hydrogen-bond acceptors (Lipinski definition) is 5. The van der Waals surface area contributed by atoms with E-state index in [1.807, 2.05) is 32.0 Å². The van der Waals surface area contributed by atoms with Crippen LogP contribution in [0.2, 0.25) is 0 Å². The van der Waals surface area contributed by atoms with Gasteiger partial charge in [0, 0.05) is 23.8 Å². The Balaban J connectivity index is 1.78. The fourth-order valence-corrected chi connectivity index (χ4v) is 5.75. The van der Waals surface area contributed by atoms with Gasteiger partial charge in [-0.05, 0) is 37.8 Å². The van der Waals surface area contributed by atoms with Crippen LogP contribution in [0, 0.1) is 6.92 Å². The molecule has 6 heteroatoms. The molecular formula is C20H22N2O2S2. The monoisotopic (exact) mass is 386 g/mol. The minimum atomic E-state index is 0.0725. The largest absolute Gasteiger partial charge is 0.377 e. The summed E-state index contributed by atoms with van der Waals surface area (Å²) in [6.45, 7) is 5.52. The number of fused-ring (bicyclic) bond motifs is 1. The van der Waals surface area contributed by atoms with Gasteiger partial charge in [-0.3, -0.25) is 9.36 Å². The van der Waals surface area contributed by atoms with Crippen molar-refractivity contribution in [2.75, 3.05) is 12.4 Å². The van der Waals surface area contributed by atoms with Gasteiger partial charge in [0.2, 0.25) is 0 Å². The average molecular weight is 387 g/mol. The number of thiophene rings is 1. The Kier molecular flexibility index (Phi) is 5.16. The molecule has 0 bridgehead atoms. The molecule has 26 heavy (non-hydrogen) atoms. The van der Waals surface area contributed by atoms with Crippen molar-refractivity contribution in [1.82, 2.24) is 9.55 Å². The minimum absolute atomic E-state index is 0.0725. The van der Waals surface area contributed by atoms with Crippen LogP contribution in [0.5, 0.6) is 0 Å². The van der Waals surface area contributed by atoms with E-state index in [9.17, 15) is 4.79 Å². The summed E-state index contributed by atoms with van der Waals surface area (Å²) in [5, 5.41) is 1.57. The van der Waals surface area contributed by atoms with Gasteiger partial charge in [0.1, 0.15) is 4.83 Å². The SMILES string of the molecule is CCn1c(SC[C@H]2CCCO2)nc2sc(-c3ccccc3)c(C)c2c1=O. The molecule has 3 aromatic rings. The van der Waals surface area contributed by atoms with Gasteiger partial charge < -0.3 is 4.74 Å². The predicted octanol–water partition coefficient (Wildman–Crippen LogP) is 4.72. The lowest BCUT2D eigenvalue weighted by atomic mass is 10.1. The first-order chi connectivity index (χ1) is 12.7. The second-order valence-electron chi connectivity index (χ2n) is 6.49. The van der Waals surface area contributed by atoms with Crippen molar-refractivity contribution >= 4 is 33.3 Å². The number of benzene rings is 1. The second kappa shape index (κ2) is 7.55. The summed E-state index contributed by atoms with van der Waals surface area (Å²) >= 11 is 3.26. The molecule has 136 valence electrons. The molecule has 1 atom stereocenters. The van der Waals surface area contributed by atoms with Crippen molar-refractivity contribution in [3.8, 4) is 10.4 Å². The van der Waals surface area contributed by atoms with Crippen molar-refractivity contribution in [3.63, 3.8) is 0 Å².